The minimum absolute atomic E-state index is 0.0268. The van der Waals surface area contributed by atoms with Gasteiger partial charge in [-0.05, 0) is 51.3 Å². The number of nitrogens with one attached hydrogen (secondary N) is 3. The van der Waals surface area contributed by atoms with Crippen molar-refractivity contribution in [1.29, 1.82) is 0 Å². The molecule has 0 atom stereocenters. The van der Waals surface area contributed by atoms with E-state index in [-0.39, 0.29) is 23.9 Å². The Morgan fingerprint density at radius 1 is 1.12 bits per heavy atom. The first kappa shape index (κ1) is 19.8. The molecule has 26 heavy (non-hydrogen) atoms. The number of carbonyl (C=O) groups excluding carboxylic acids is 3. The third kappa shape index (κ3) is 6.38. The molecule has 0 radical (unpaired) electrons. The minimum Gasteiger partial charge on any atom is -0.352 e. The Labute approximate surface area is 154 Å². The van der Waals surface area contributed by atoms with Crippen LogP contribution in [0.4, 0.5) is 10.5 Å². The maximum atomic E-state index is 12.3. The van der Waals surface area contributed by atoms with Crippen LogP contribution in [-0.2, 0) is 4.79 Å². The van der Waals surface area contributed by atoms with E-state index in [0.717, 1.165) is 25.9 Å². The number of piperidine rings is 1. The number of urea groups is 1. The standard InChI is InChI=1S/C19H28N4O3/c1-14(2)21-19(26)22-16-8-6-7-15(13-16)18(25)20-10-9-17(24)23-11-4-3-5-12-23/h6-8,13-14H,3-5,9-12H2,1-2H3,(H,20,25)(H2,21,22,26). The van der Waals surface area contributed by atoms with Crippen LogP contribution < -0.4 is 16.0 Å². The lowest BCUT2D eigenvalue weighted by Gasteiger charge is -2.26. The van der Waals surface area contributed by atoms with Crippen molar-refractivity contribution in [2.75, 3.05) is 25.0 Å². The lowest BCUT2D eigenvalue weighted by Crippen LogP contribution is -2.37. The summed E-state index contributed by atoms with van der Waals surface area (Å²) in [7, 11) is 0. The molecule has 1 heterocycles. The first-order valence-corrected chi connectivity index (χ1v) is 9.19. The second-order valence-corrected chi connectivity index (χ2v) is 6.78. The summed E-state index contributed by atoms with van der Waals surface area (Å²) in [5, 5.41) is 8.19. The van der Waals surface area contributed by atoms with Crippen LogP contribution in [-0.4, -0.2) is 48.4 Å². The second-order valence-electron chi connectivity index (χ2n) is 6.78. The zero-order valence-electron chi connectivity index (χ0n) is 15.5. The van der Waals surface area contributed by atoms with E-state index in [1.165, 1.54) is 6.42 Å². The number of hydrogen-bond acceptors (Lipinski definition) is 3. The van der Waals surface area contributed by atoms with Crippen LogP contribution in [0.2, 0.25) is 0 Å². The fourth-order valence-electron chi connectivity index (χ4n) is 2.85. The Bertz CT molecular complexity index is 639. The fourth-order valence-corrected chi connectivity index (χ4v) is 2.85. The van der Waals surface area contributed by atoms with Gasteiger partial charge in [-0.3, -0.25) is 9.59 Å². The van der Waals surface area contributed by atoms with Gasteiger partial charge in [-0.1, -0.05) is 6.07 Å². The zero-order chi connectivity index (χ0) is 18.9. The van der Waals surface area contributed by atoms with E-state index in [0.29, 0.717) is 24.2 Å². The minimum atomic E-state index is -0.315. The summed E-state index contributed by atoms with van der Waals surface area (Å²) < 4.78 is 0. The van der Waals surface area contributed by atoms with Gasteiger partial charge in [-0.2, -0.15) is 0 Å². The van der Waals surface area contributed by atoms with Crippen LogP contribution in [0.5, 0.6) is 0 Å². The molecule has 0 unspecified atom stereocenters. The molecule has 2 rings (SSSR count). The van der Waals surface area contributed by atoms with Crippen molar-refractivity contribution in [3.05, 3.63) is 29.8 Å². The van der Waals surface area contributed by atoms with Crippen LogP contribution >= 0.6 is 0 Å². The highest BCUT2D eigenvalue weighted by Gasteiger charge is 2.16. The Balaban J connectivity index is 1.80. The van der Waals surface area contributed by atoms with Gasteiger partial charge in [0, 0.05) is 43.3 Å². The molecule has 0 aliphatic carbocycles. The molecule has 142 valence electrons. The van der Waals surface area contributed by atoms with Gasteiger partial charge in [-0.25, -0.2) is 4.79 Å². The Morgan fingerprint density at radius 2 is 1.85 bits per heavy atom. The van der Waals surface area contributed by atoms with Crippen molar-refractivity contribution in [1.82, 2.24) is 15.5 Å². The molecule has 4 amide bonds. The average Bonchev–Trinajstić information content (AvgIpc) is 2.61. The molecule has 1 aromatic carbocycles. The number of rotatable bonds is 6. The van der Waals surface area contributed by atoms with E-state index in [9.17, 15) is 14.4 Å². The first-order chi connectivity index (χ1) is 12.5. The summed E-state index contributed by atoms with van der Waals surface area (Å²) in [6, 6.07) is 6.42. The summed E-state index contributed by atoms with van der Waals surface area (Å²) in [6.07, 6.45) is 3.60. The maximum Gasteiger partial charge on any atom is 0.319 e. The maximum absolute atomic E-state index is 12.3. The molecule has 7 nitrogen and oxygen atoms in total. The monoisotopic (exact) mass is 360 g/mol. The van der Waals surface area contributed by atoms with Crippen molar-refractivity contribution < 1.29 is 14.4 Å². The average molecular weight is 360 g/mol. The molecule has 1 fully saturated rings. The normalized spacial score (nSPS) is 14.0. The van der Waals surface area contributed by atoms with Gasteiger partial charge in [-0.15, -0.1) is 0 Å². The molecule has 7 heteroatoms. The van der Waals surface area contributed by atoms with Gasteiger partial charge in [0.15, 0.2) is 0 Å². The lowest BCUT2D eigenvalue weighted by atomic mass is 10.1. The molecule has 1 aliphatic heterocycles. The van der Waals surface area contributed by atoms with Crippen LogP contribution in [0.3, 0.4) is 0 Å². The predicted octanol–water partition coefficient (Wildman–Crippen LogP) is 2.35. The van der Waals surface area contributed by atoms with Crippen molar-refractivity contribution >= 4 is 23.5 Å². The molecular formula is C19H28N4O3. The number of likely N-dealkylation sites (tertiary alicyclic amines) is 1. The van der Waals surface area contributed by atoms with E-state index in [4.69, 9.17) is 0 Å². The van der Waals surface area contributed by atoms with Gasteiger partial charge in [0.05, 0.1) is 0 Å². The van der Waals surface area contributed by atoms with E-state index in [2.05, 4.69) is 16.0 Å². The van der Waals surface area contributed by atoms with Crippen LogP contribution in [0.25, 0.3) is 0 Å². The third-order valence-electron chi connectivity index (χ3n) is 4.14. The predicted molar refractivity (Wildman–Crippen MR) is 101 cm³/mol. The van der Waals surface area contributed by atoms with Gasteiger partial charge < -0.3 is 20.9 Å². The van der Waals surface area contributed by atoms with Crippen molar-refractivity contribution in [2.45, 2.75) is 45.6 Å². The van der Waals surface area contributed by atoms with Gasteiger partial charge in [0.25, 0.3) is 5.91 Å². The summed E-state index contributed by atoms with van der Waals surface area (Å²) >= 11 is 0. The van der Waals surface area contributed by atoms with Gasteiger partial charge >= 0.3 is 6.03 Å². The number of anilines is 1. The van der Waals surface area contributed by atoms with Crippen molar-refractivity contribution in [2.24, 2.45) is 0 Å². The van der Waals surface area contributed by atoms with Gasteiger partial charge in [0.1, 0.15) is 0 Å². The topological polar surface area (TPSA) is 90.5 Å². The van der Waals surface area contributed by atoms with E-state index in [1.54, 1.807) is 24.3 Å². The Hall–Kier alpha value is -2.57. The third-order valence-corrected chi connectivity index (χ3v) is 4.14. The summed E-state index contributed by atoms with van der Waals surface area (Å²) in [6.45, 7) is 5.68. The number of amides is 4. The highest BCUT2D eigenvalue weighted by atomic mass is 16.2. The fraction of sp³-hybridized carbons (Fsp3) is 0.526. The number of hydrogen-bond donors (Lipinski definition) is 3. The number of benzene rings is 1. The number of carbonyl (C=O) groups is 3. The van der Waals surface area contributed by atoms with Crippen molar-refractivity contribution in [3.8, 4) is 0 Å². The molecule has 1 aliphatic rings. The summed E-state index contributed by atoms with van der Waals surface area (Å²) in [4.78, 5) is 38.0. The molecule has 0 bridgehead atoms. The highest BCUT2D eigenvalue weighted by Crippen LogP contribution is 2.11. The van der Waals surface area contributed by atoms with E-state index >= 15 is 0 Å². The molecular weight excluding hydrogens is 332 g/mol. The smallest absolute Gasteiger partial charge is 0.319 e. The Kier molecular flexibility index (Phi) is 7.44. The van der Waals surface area contributed by atoms with Crippen LogP contribution in [0, 0.1) is 0 Å². The van der Waals surface area contributed by atoms with Crippen molar-refractivity contribution in [3.63, 3.8) is 0 Å². The summed E-state index contributed by atoms with van der Waals surface area (Å²) in [5.74, 6) is -0.171. The molecule has 0 aromatic heterocycles. The number of nitrogens with zero attached hydrogens (tertiary/aromatic N) is 1. The molecule has 1 saturated heterocycles. The zero-order valence-corrected chi connectivity index (χ0v) is 15.5. The SMILES string of the molecule is CC(C)NC(=O)Nc1cccc(C(=O)NCCC(=O)N2CCCCC2)c1. The highest BCUT2D eigenvalue weighted by molar-refractivity contribution is 5.97. The van der Waals surface area contributed by atoms with E-state index < -0.39 is 0 Å². The Morgan fingerprint density at radius 3 is 2.54 bits per heavy atom. The molecule has 0 spiro atoms. The van der Waals surface area contributed by atoms with Crippen LogP contribution in [0.15, 0.2) is 24.3 Å². The summed E-state index contributed by atoms with van der Waals surface area (Å²) in [5.41, 5.74) is 0.984. The molecule has 0 saturated carbocycles. The lowest BCUT2D eigenvalue weighted by molar-refractivity contribution is -0.131. The quantitative estimate of drug-likeness (QED) is 0.727. The van der Waals surface area contributed by atoms with Gasteiger partial charge in [0.2, 0.25) is 5.91 Å². The van der Waals surface area contributed by atoms with Crippen LogP contribution in [0.1, 0.15) is 49.9 Å². The molecule has 3 N–H and O–H groups in total. The largest absolute Gasteiger partial charge is 0.352 e. The first-order valence-electron chi connectivity index (χ1n) is 9.19. The van der Waals surface area contributed by atoms with E-state index in [1.807, 2.05) is 18.7 Å². The second kappa shape index (κ2) is 9.79. The molecule has 1 aromatic rings.